The van der Waals surface area contributed by atoms with Crippen molar-refractivity contribution < 1.29 is 19.1 Å². The molecule has 2 amide bonds. The van der Waals surface area contributed by atoms with Crippen LogP contribution in [0.2, 0.25) is 0 Å². The summed E-state index contributed by atoms with van der Waals surface area (Å²) in [7, 11) is 4.72. The first-order valence-corrected chi connectivity index (χ1v) is 6.81. The monoisotopic (exact) mass is 292 g/mol. The van der Waals surface area contributed by atoms with E-state index in [0.717, 1.165) is 17.1 Å². The van der Waals surface area contributed by atoms with Crippen LogP contribution in [0, 0.1) is 0 Å². The summed E-state index contributed by atoms with van der Waals surface area (Å²) in [4.78, 5) is 24.7. The number of carbonyl (C=O) groups is 2. The third-order valence-corrected chi connectivity index (χ3v) is 3.68. The van der Waals surface area contributed by atoms with E-state index in [2.05, 4.69) is 5.32 Å². The lowest BCUT2D eigenvalue weighted by molar-refractivity contribution is -0.148. The van der Waals surface area contributed by atoms with Crippen LogP contribution < -0.4 is 14.8 Å². The molecule has 1 aliphatic heterocycles. The molecule has 1 aliphatic rings. The summed E-state index contributed by atoms with van der Waals surface area (Å²) in [5.41, 5.74) is 0.907. The molecule has 6 heteroatoms. The van der Waals surface area contributed by atoms with Crippen LogP contribution in [0.15, 0.2) is 18.2 Å². The molecule has 1 aromatic rings. The SMILES string of the molecule is COc1ccc(OC)c(CNC2CCC(=O)N(C)C2=O)c1. The van der Waals surface area contributed by atoms with Crippen LogP contribution in [0.25, 0.3) is 0 Å². The Kier molecular flexibility index (Phi) is 4.80. The Balaban J connectivity index is 2.05. The van der Waals surface area contributed by atoms with Gasteiger partial charge in [0.15, 0.2) is 0 Å². The van der Waals surface area contributed by atoms with Gasteiger partial charge in [0, 0.05) is 25.6 Å². The van der Waals surface area contributed by atoms with Gasteiger partial charge in [-0.15, -0.1) is 0 Å². The molecule has 0 aliphatic carbocycles. The van der Waals surface area contributed by atoms with Crippen molar-refractivity contribution in [3.8, 4) is 11.5 Å². The predicted octanol–water partition coefficient (Wildman–Crippen LogP) is 0.941. The van der Waals surface area contributed by atoms with Gasteiger partial charge in [-0.05, 0) is 24.6 Å². The number of benzene rings is 1. The average Bonchev–Trinajstić information content (AvgIpc) is 2.51. The molecule has 0 radical (unpaired) electrons. The molecule has 2 rings (SSSR count). The minimum Gasteiger partial charge on any atom is -0.497 e. The fraction of sp³-hybridized carbons (Fsp3) is 0.467. The van der Waals surface area contributed by atoms with Crippen LogP contribution in [-0.4, -0.2) is 44.0 Å². The van der Waals surface area contributed by atoms with Crippen molar-refractivity contribution in [1.82, 2.24) is 10.2 Å². The van der Waals surface area contributed by atoms with E-state index < -0.39 is 0 Å². The van der Waals surface area contributed by atoms with Crippen molar-refractivity contribution in [2.24, 2.45) is 0 Å². The van der Waals surface area contributed by atoms with Crippen LogP contribution in [0.1, 0.15) is 18.4 Å². The van der Waals surface area contributed by atoms with Gasteiger partial charge in [-0.25, -0.2) is 0 Å². The summed E-state index contributed by atoms with van der Waals surface area (Å²) in [6.45, 7) is 0.471. The molecule has 0 spiro atoms. The minimum absolute atomic E-state index is 0.128. The van der Waals surface area contributed by atoms with E-state index in [4.69, 9.17) is 9.47 Å². The normalized spacial score (nSPS) is 18.8. The summed E-state index contributed by atoms with van der Waals surface area (Å²) in [5.74, 6) is 1.15. The zero-order valence-corrected chi connectivity index (χ0v) is 12.5. The van der Waals surface area contributed by atoms with E-state index in [0.29, 0.717) is 19.4 Å². The molecule has 1 unspecified atom stereocenters. The quantitative estimate of drug-likeness (QED) is 0.818. The smallest absolute Gasteiger partial charge is 0.246 e. The van der Waals surface area contributed by atoms with Gasteiger partial charge in [0.05, 0.1) is 20.3 Å². The van der Waals surface area contributed by atoms with Gasteiger partial charge in [-0.1, -0.05) is 0 Å². The molecule has 1 aromatic carbocycles. The Morgan fingerprint density at radius 3 is 2.71 bits per heavy atom. The number of nitrogens with one attached hydrogen (secondary N) is 1. The molecule has 114 valence electrons. The third kappa shape index (κ3) is 3.33. The first-order chi connectivity index (χ1) is 10.1. The Bertz CT molecular complexity index is 544. The van der Waals surface area contributed by atoms with Crippen molar-refractivity contribution >= 4 is 11.8 Å². The van der Waals surface area contributed by atoms with Gasteiger partial charge >= 0.3 is 0 Å². The Morgan fingerprint density at radius 1 is 1.29 bits per heavy atom. The molecule has 0 saturated carbocycles. The predicted molar refractivity (Wildman–Crippen MR) is 77.2 cm³/mol. The maximum absolute atomic E-state index is 12.0. The number of methoxy groups -OCH3 is 2. The molecular formula is C15H20N2O4. The number of hydrogen-bond acceptors (Lipinski definition) is 5. The molecule has 1 saturated heterocycles. The van der Waals surface area contributed by atoms with Gasteiger partial charge in [0.1, 0.15) is 11.5 Å². The summed E-state index contributed by atoms with van der Waals surface area (Å²) in [6, 6.07) is 5.17. The number of amides is 2. The minimum atomic E-state index is -0.344. The van der Waals surface area contributed by atoms with Crippen molar-refractivity contribution in [2.75, 3.05) is 21.3 Å². The van der Waals surface area contributed by atoms with E-state index in [1.165, 1.54) is 11.9 Å². The van der Waals surface area contributed by atoms with Crippen molar-refractivity contribution in [3.05, 3.63) is 23.8 Å². The van der Waals surface area contributed by atoms with E-state index in [9.17, 15) is 9.59 Å². The Morgan fingerprint density at radius 2 is 2.05 bits per heavy atom. The summed E-state index contributed by atoms with van der Waals surface area (Å²) in [6.07, 6.45) is 0.906. The topological polar surface area (TPSA) is 67.9 Å². The summed E-state index contributed by atoms with van der Waals surface area (Å²) in [5, 5.41) is 3.19. The highest BCUT2D eigenvalue weighted by atomic mass is 16.5. The number of likely N-dealkylation sites (tertiary alicyclic amines) is 1. The van der Waals surface area contributed by atoms with Crippen molar-refractivity contribution in [1.29, 1.82) is 0 Å². The number of likely N-dealkylation sites (N-methyl/N-ethyl adjacent to an activating group) is 1. The highest BCUT2D eigenvalue weighted by molar-refractivity contribution is 6.00. The molecule has 1 atom stereocenters. The lowest BCUT2D eigenvalue weighted by Gasteiger charge is -2.28. The third-order valence-electron chi connectivity index (χ3n) is 3.68. The number of ether oxygens (including phenoxy) is 2. The van der Waals surface area contributed by atoms with Crippen LogP contribution in [0.5, 0.6) is 11.5 Å². The van der Waals surface area contributed by atoms with Gasteiger partial charge in [-0.2, -0.15) is 0 Å². The van der Waals surface area contributed by atoms with Gasteiger partial charge < -0.3 is 14.8 Å². The standard InChI is InChI=1S/C15H20N2O4/c1-17-14(18)7-5-12(15(17)19)16-9-10-8-11(20-2)4-6-13(10)21-3/h4,6,8,12,16H,5,7,9H2,1-3H3. The van der Waals surface area contributed by atoms with Gasteiger partial charge in [0.2, 0.25) is 11.8 Å². The van der Waals surface area contributed by atoms with E-state index in [1.807, 2.05) is 18.2 Å². The molecule has 1 N–H and O–H groups in total. The van der Waals surface area contributed by atoms with E-state index in [1.54, 1.807) is 14.2 Å². The molecule has 0 aromatic heterocycles. The molecule has 21 heavy (non-hydrogen) atoms. The molecule has 1 fully saturated rings. The lowest BCUT2D eigenvalue weighted by atomic mass is 10.0. The zero-order chi connectivity index (χ0) is 15.4. The molecular weight excluding hydrogens is 272 g/mol. The first-order valence-electron chi connectivity index (χ1n) is 6.81. The number of imide groups is 1. The van der Waals surface area contributed by atoms with Crippen molar-refractivity contribution in [3.63, 3.8) is 0 Å². The number of rotatable bonds is 5. The van der Waals surface area contributed by atoms with Crippen LogP contribution in [-0.2, 0) is 16.1 Å². The lowest BCUT2D eigenvalue weighted by Crippen LogP contribution is -2.51. The average molecular weight is 292 g/mol. The number of piperidine rings is 1. The highest BCUT2D eigenvalue weighted by Crippen LogP contribution is 2.24. The maximum Gasteiger partial charge on any atom is 0.246 e. The maximum atomic E-state index is 12.0. The number of carbonyl (C=O) groups excluding carboxylic acids is 2. The fourth-order valence-electron chi connectivity index (χ4n) is 2.36. The second kappa shape index (κ2) is 6.58. The van der Waals surface area contributed by atoms with Gasteiger partial charge in [0.25, 0.3) is 0 Å². The molecule has 6 nitrogen and oxygen atoms in total. The number of nitrogens with zero attached hydrogens (tertiary/aromatic N) is 1. The van der Waals surface area contributed by atoms with Crippen LogP contribution in [0.4, 0.5) is 0 Å². The van der Waals surface area contributed by atoms with E-state index in [-0.39, 0.29) is 17.9 Å². The second-order valence-corrected chi connectivity index (χ2v) is 4.94. The molecule has 1 heterocycles. The largest absolute Gasteiger partial charge is 0.497 e. The van der Waals surface area contributed by atoms with Crippen LogP contribution >= 0.6 is 0 Å². The second-order valence-electron chi connectivity index (χ2n) is 4.94. The summed E-state index contributed by atoms with van der Waals surface area (Å²) < 4.78 is 10.5. The first kappa shape index (κ1) is 15.3. The van der Waals surface area contributed by atoms with E-state index >= 15 is 0 Å². The molecule has 0 bridgehead atoms. The highest BCUT2D eigenvalue weighted by Gasteiger charge is 2.31. The van der Waals surface area contributed by atoms with Gasteiger partial charge in [-0.3, -0.25) is 14.5 Å². The van der Waals surface area contributed by atoms with Crippen molar-refractivity contribution in [2.45, 2.75) is 25.4 Å². The Labute approximate surface area is 124 Å². The Hall–Kier alpha value is -2.08. The van der Waals surface area contributed by atoms with Crippen LogP contribution in [0.3, 0.4) is 0 Å². The number of hydrogen-bond donors (Lipinski definition) is 1. The zero-order valence-electron chi connectivity index (χ0n) is 12.5. The summed E-state index contributed by atoms with van der Waals surface area (Å²) >= 11 is 0. The fourth-order valence-corrected chi connectivity index (χ4v) is 2.36.